The Balaban J connectivity index is 2.36. The van der Waals surface area contributed by atoms with Crippen molar-refractivity contribution in [1.82, 2.24) is 4.57 Å². The predicted octanol–water partition coefficient (Wildman–Crippen LogP) is 1.58. The Morgan fingerprint density at radius 1 is 1.58 bits per heavy atom. The lowest BCUT2D eigenvalue weighted by Gasteiger charge is -2.35. The lowest BCUT2D eigenvalue weighted by atomic mass is 9.88. The number of aromatic carboxylic acids is 1. The maximum Gasteiger partial charge on any atom is 0.341 e. The van der Waals surface area contributed by atoms with Crippen LogP contribution in [-0.2, 0) is 11.3 Å². The lowest BCUT2D eigenvalue weighted by molar-refractivity contribution is -0.0114. The summed E-state index contributed by atoms with van der Waals surface area (Å²) >= 11 is 0. The molecule has 1 N–H and O–H groups in total. The second-order valence-electron chi connectivity index (χ2n) is 4.78. The standard InChI is InChI=1S/C13H12FNO4/c1-6-9(14)4-7-10-12(6)19-3-2-15(10)5-8(11(7)16)13(17)18/h4-6,12H,2-3H2,1H3,(H,17,18). The minimum atomic E-state index is -1.30. The molecule has 2 atom stereocenters. The zero-order chi connectivity index (χ0) is 13.7. The molecule has 0 amide bonds. The highest BCUT2D eigenvalue weighted by molar-refractivity contribution is 5.88. The van der Waals surface area contributed by atoms with Crippen LogP contribution in [0.2, 0.25) is 0 Å². The van der Waals surface area contributed by atoms with E-state index in [4.69, 9.17) is 9.84 Å². The minimum Gasteiger partial charge on any atom is -0.477 e. The molecular formula is C13H12FNO4. The van der Waals surface area contributed by atoms with Crippen LogP contribution in [0.4, 0.5) is 4.39 Å². The van der Waals surface area contributed by atoms with Gasteiger partial charge in [0.25, 0.3) is 0 Å². The van der Waals surface area contributed by atoms with E-state index < -0.39 is 29.2 Å². The van der Waals surface area contributed by atoms with Gasteiger partial charge in [0.2, 0.25) is 5.43 Å². The van der Waals surface area contributed by atoms with E-state index in [-0.39, 0.29) is 11.1 Å². The minimum absolute atomic E-state index is 0.0974. The van der Waals surface area contributed by atoms with Crippen LogP contribution in [-0.4, -0.2) is 22.2 Å². The van der Waals surface area contributed by atoms with Crippen LogP contribution in [0.1, 0.15) is 34.6 Å². The molecule has 2 heterocycles. The zero-order valence-electron chi connectivity index (χ0n) is 10.2. The number of carboxylic acid groups (broad SMARTS) is 1. The zero-order valence-corrected chi connectivity index (χ0v) is 10.2. The third-order valence-corrected chi connectivity index (χ3v) is 3.66. The normalized spacial score (nSPS) is 24.6. The number of hydrogen-bond acceptors (Lipinski definition) is 3. The summed E-state index contributed by atoms with van der Waals surface area (Å²) in [5.41, 5.74) is -0.315. The predicted molar refractivity (Wildman–Crippen MR) is 64.6 cm³/mol. The van der Waals surface area contributed by atoms with E-state index in [0.29, 0.717) is 18.8 Å². The first-order valence-corrected chi connectivity index (χ1v) is 6.00. The molecule has 1 aromatic heterocycles. The molecule has 0 bridgehead atoms. The largest absolute Gasteiger partial charge is 0.477 e. The van der Waals surface area contributed by atoms with E-state index in [2.05, 4.69) is 0 Å². The number of carbonyl (C=O) groups is 1. The lowest BCUT2D eigenvalue weighted by Crippen LogP contribution is -2.35. The first kappa shape index (κ1) is 12.1. The summed E-state index contributed by atoms with van der Waals surface area (Å²) in [6.07, 6.45) is 1.93. The van der Waals surface area contributed by atoms with Crippen molar-refractivity contribution in [2.45, 2.75) is 19.6 Å². The molecule has 2 aliphatic rings. The van der Waals surface area contributed by atoms with E-state index in [1.807, 2.05) is 0 Å². The molecule has 100 valence electrons. The van der Waals surface area contributed by atoms with Gasteiger partial charge in [0.1, 0.15) is 17.5 Å². The maximum atomic E-state index is 13.8. The van der Waals surface area contributed by atoms with Gasteiger partial charge in [-0.25, -0.2) is 9.18 Å². The Morgan fingerprint density at radius 3 is 3.00 bits per heavy atom. The van der Waals surface area contributed by atoms with Crippen LogP contribution in [0.3, 0.4) is 0 Å². The summed E-state index contributed by atoms with van der Waals surface area (Å²) in [6, 6.07) is 0. The van der Waals surface area contributed by atoms with Gasteiger partial charge >= 0.3 is 5.97 Å². The van der Waals surface area contributed by atoms with Crippen LogP contribution >= 0.6 is 0 Å². The fraction of sp³-hybridized carbons (Fsp3) is 0.385. The molecule has 1 aliphatic carbocycles. The highest BCUT2D eigenvalue weighted by Gasteiger charge is 2.36. The summed E-state index contributed by atoms with van der Waals surface area (Å²) in [4.78, 5) is 23.1. The second-order valence-corrected chi connectivity index (χ2v) is 4.78. The van der Waals surface area contributed by atoms with Crippen molar-refractivity contribution in [3.8, 4) is 0 Å². The number of nitrogens with zero attached hydrogens (tertiary/aromatic N) is 1. The third-order valence-electron chi connectivity index (χ3n) is 3.66. The van der Waals surface area contributed by atoms with Crippen molar-refractivity contribution >= 4 is 12.0 Å². The average molecular weight is 265 g/mol. The van der Waals surface area contributed by atoms with Gasteiger partial charge < -0.3 is 14.4 Å². The summed E-state index contributed by atoms with van der Waals surface area (Å²) in [5, 5.41) is 9.03. The fourth-order valence-corrected chi connectivity index (χ4v) is 2.65. The molecule has 0 spiro atoms. The van der Waals surface area contributed by atoms with E-state index in [1.165, 1.54) is 6.20 Å². The van der Waals surface area contributed by atoms with Crippen LogP contribution in [0, 0.1) is 5.92 Å². The molecule has 0 fully saturated rings. The summed E-state index contributed by atoms with van der Waals surface area (Å²) in [5.74, 6) is -2.22. The number of ether oxygens (including phenoxy) is 1. The second kappa shape index (κ2) is 4.03. The van der Waals surface area contributed by atoms with Gasteiger partial charge in [-0.05, 0) is 6.08 Å². The van der Waals surface area contributed by atoms with Crippen LogP contribution < -0.4 is 5.43 Å². The topological polar surface area (TPSA) is 68.5 Å². The van der Waals surface area contributed by atoms with E-state index >= 15 is 0 Å². The smallest absolute Gasteiger partial charge is 0.341 e. The number of pyridine rings is 1. The Morgan fingerprint density at radius 2 is 2.32 bits per heavy atom. The van der Waals surface area contributed by atoms with Gasteiger partial charge in [-0.15, -0.1) is 0 Å². The van der Waals surface area contributed by atoms with Crippen LogP contribution in [0.5, 0.6) is 0 Å². The molecule has 3 rings (SSSR count). The first-order valence-electron chi connectivity index (χ1n) is 6.00. The Kier molecular flexibility index (Phi) is 2.56. The molecule has 0 radical (unpaired) electrons. The molecule has 2 unspecified atom stereocenters. The highest BCUT2D eigenvalue weighted by atomic mass is 19.1. The Labute approximate surface area is 107 Å². The third kappa shape index (κ3) is 1.63. The van der Waals surface area contributed by atoms with Crippen LogP contribution in [0.15, 0.2) is 16.8 Å². The van der Waals surface area contributed by atoms with E-state index in [9.17, 15) is 14.0 Å². The molecule has 1 aromatic rings. The van der Waals surface area contributed by atoms with Gasteiger partial charge in [0.05, 0.1) is 12.3 Å². The summed E-state index contributed by atoms with van der Waals surface area (Å²) in [6.45, 7) is 2.52. The SMILES string of the molecule is CC1C(F)=Cc2c3n(cc(C(=O)O)c2=O)CCOC31. The Hall–Kier alpha value is -1.95. The number of carboxylic acids is 1. The monoisotopic (exact) mass is 265 g/mol. The van der Waals surface area contributed by atoms with Crippen molar-refractivity contribution in [1.29, 1.82) is 0 Å². The highest BCUT2D eigenvalue weighted by Crippen LogP contribution is 2.40. The van der Waals surface area contributed by atoms with E-state index in [1.54, 1.807) is 11.5 Å². The number of hydrogen-bond donors (Lipinski definition) is 1. The van der Waals surface area contributed by atoms with Crippen molar-refractivity contribution in [3.63, 3.8) is 0 Å². The quantitative estimate of drug-likeness (QED) is 0.837. The first-order chi connectivity index (χ1) is 9.00. The number of halogens is 1. The number of rotatable bonds is 1. The van der Waals surface area contributed by atoms with Crippen molar-refractivity contribution in [2.75, 3.05) is 6.61 Å². The van der Waals surface area contributed by atoms with Crippen molar-refractivity contribution in [2.24, 2.45) is 5.92 Å². The van der Waals surface area contributed by atoms with Gasteiger partial charge in [-0.1, -0.05) is 6.92 Å². The van der Waals surface area contributed by atoms with Gasteiger partial charge in [-0.3, -0.25) is 4.79 Å². The Bertz CT molecular complexity index is 661. The molecule has 0 aromatic carbocycles. The van der Waals surface area contributed by atoms with E-state index in [0.717, 1.165) is 6.08 Å². The maximum absolute atomic E-state index is 13.8. The molecule has 5 nitrogen and oxygen atoms in total. The fourth-order valence-electron chi connectivity index (χ4n) is 2.65. The molecule has 1 aliphatic heterocycles. The van der Waals surface area contributed by atoms with Crippen molar-refractivity contribution in [3.05, 3.63) is 39.1 Å². The molecular weight excluding hydrogens is 253 g/mol. The molecule has 0 saturated carbocycles. The van der Waals surface area contributed by atoms with Gasteiger partial charge in [-0.2, -0.15) is 0 Å². The van der Waals surface area contributed by atoms with Crippen molar-refractivity contribution < 1.29 is 19.0 Å². The van der Waals surface area contributed by atoms with Gasteiger partial charge in [0, 0.05) is 24.2 Å². The van der Waals surface area contributed by atoms with Gasteiger partial charge in [0.15, 0.2) is 0 Å². The number of aromatic nitrogens is 1. The average Bonchev–Trinajstić information content (AvgIpc) is 2.38. The summed E-state index contributed by atoms with van der Waals surface area (Å²) < 4.78 is 21.1. The molecule has 19 heavy (non-hydrogen) atoms. The summed E-state index contributed by atoms with van der Waals surface area (Å²) in [7, 11) is 0. The molecule has 6 heteroatoms. The van der Waals surface area contributed by atoms with Crippen LogP contribution in [0.25, 0.3) is 6.08 Å². The molecule has 0 saturated heterocycles.